The highest BCUT2D eigenvalue weighted by molar-refractivity contribution is 5.79. The van der Waals surface area contributed by atoms with Gasteiger partial charge in [0.25, 0.3) is 0 Å². The van der Waals surface area contributed by atoms with Crippen LogP contribution in [-0.4, -0.2) is 83.6 Å². The van der Waals surface area contributed by atoms with E-state index in [-0.39, 0.29) is 54.5 Å². The van der Waals surface area contributed by atoms with Crippen LogP contribution in [0.5, 0.6) is 23.0 Å². The molecule has 2 aromatic rings. The number of hydrogen-bond donors (Lipinski definition) is 8. The van der Waals surface area contributed by atoms with Gasteiger partial charge in [0.05, 0.1) is 6.10 Å². The third-order valence-corrected chi connectivity index (χ3v) is 5.85. The van der Waals surface area contributed by atoms with Gasteiger partial charge in [-0.1, -0.05) is 12.1 Å². The average molecular weight is 494 g/mol. The summed E-state index contributed by atoms with van der Waals surface area (Å²) in [5, 5.41) is 77.8. The number of rotatable bonds is 10. The van der Waals surface area contributed by atoms with E-state index in [1.54, 1.807) is 12.1 Å². The lowest BCUT2D eigenvalue weighted by molar-refractivity contribution is -0.347. The number of phenolic OH excluding ortho intramolecular Hbond substituents is 4. The van der Waals surface area contributed by atoms with Crippen molar-refractivity contribution < 1.29 is 55.1 Å². The quantitative estimate of drug-likeness (QED) is 0.210. The van der Waals surface area contributed by atoms with Crippen molar-refractivity contribution in [2.75, 3.05) is 0 Å². The van der Waals surface area contributed by atoms with Crippen LogP contribution in [0.4, 0.5) is 0 Å². The molecule has 0 spiro atoms. The maximum absolute atomic E-state index is 12.7. The molecule has 0 bridgehead atoms. The number of benzene rings is 2. The van der Waals surface area contributed by atoms with Crippen molar-refractivity contribution in [3.63, 3.8) is 0 Å². The third kappa shape index (κ3) is 7.04. The van der Waals surface area contributed by atoms with Crippen LogP contribution in [0.3, 0.4) is 0 Å². The van der Waals surface area contributed by atoms with E-state index >= 15 is 0 Å². The van der Waals surface area contributed by atoms with Crippen LogP contribution < -0.4 is 0 Å². The molecule has 0 radical (unpaired) electrons. The van der Waals surface area contributed by atoms with Gasteiger partial charge in [-0.3, -0.25) is 4.79 Å². The molecule has 0 aromatic heterocycles. The first-order valence-electron chi connectivity index (χ1n) is 11.1. The number of phenols is 4. The summed E-state index contributed by atoms with van der Waals surface area (Å²) in [6.07, 6.45) is -8.48. The predicted molar refractivity (Wildman–Crippen MR) is 120 cm³/mol. The zero-order valence-electron chi connectivity index (χ0n) is 18.8. The molecule has 0 aliphatic carbocycles. The molecular formula is C24H30O11. The molecule has 0 saturated carbocycles. The number of hydrogen-bond acceptors (Lipinski definition) is 11. The van der Waals surface area contributed by atoms with Crippen molar-refractivity contribution in [3.8, 4) is 23.0 Å². The molecule has 1 aliphatic heterocycles. The van der Waals surface area contributed by atoms with Gasteiger partial charge in [-0.25, -0.2) is 0 Å². The van der Waals surface area contributed by atoms with Crippen molar-refractivity contribution in [2.24, 2.45) is 0 Å². The lowest BCUT2D eigenvalue weighted by Crippen LogP contribution is -2.58. The number of ketones is 1. The summed E-state index contributed by atoms with van der Waals surface area (Å²) in [6, 6.07) is 8.52. The minimum absolute atomic E-state index is 0.0854. The maximum Gasteiger partial charge on any atom is 0.189 e. The number of Topliss-reactive ketones (excluding diaryl/α,β-unsaturated/α-hetero) is 1. The average Bonchev–Trinajstić information content (AvgIpc) is 2.82. The Morgan fingerprint density at radius 1 is 0.800 bits per heavy atom. The second kappa shape index (κ2) is 11.7. The lowest BCUT2D eigenvalue weighted by Gasteiger charge is -2.39. The van der Waals surface area contributed by atoms with Crippen LogP contribution >= 0.6 is 0 Å². The van der Waals surface area contributed by atoms with E-state index in [1.165, 1.54) is 24.3 Å². The van der Waals surface area contributed by atoms with Gasteiger partial charge in [0, 0.05) is 12.8 Å². The summed E-state index contributed by atoms with van der Waals surface area (Å²) in [4.78, 5) is 12.7. The van der Waals surface area contributed by atoms with Crippen molar-refractivity contribution in [1.82, 2.24) is 0 Å². The number of carbonyl (C=O) groups is 1. The van der Waals surface area contributed by atoms with E-state index < -0.39 is 37.0 Å². The molecule has 1 aliphatic rings. The fraction of sp³-hybridized carbons (Fsp3) is 0.458. The summed E-state index contributed by atoms with van der Waals surface area (Å²) >= 11 is 0. The zero-order chi connectivity index (χ0) is 25.7. The van der Waals surface area contributed by atoms with Gasteiger partial charge in [-0.2, -0.15) is 0 Å². The van der Waals surface area contributed by atoms with Crippen LogP contribution in [-0.2, 0) is 27.1 Å². The summed E-state index contributed by atoms with van der Waals surface area (Å²) in [7, 11) is 0. The minimum atomic E-state index is -1.80. The topological polar surface area (TPSA) is 197 Å². The predicted octanol–water partition coefficient (Wildman–Crippen LogP) is 0.176. The van der Waals surface area contributed by atoms with E-state index in [9.17, 15) is 45.6 Å². The van der Waals surface area contributed by atoms with Gasteiger partial charge in [-0.05, 0) is 54.7 Å². The molecule has 6 unspecified atom stereocenters. The van der Waals surface area contributed by atoms with Crippen LogP contribution in [0.25, 0.3) is 0 Å². The molecule has 35 heavy (non-hydrogen) atoms. The first-order chi connectivity index (χ1) is 16.5. The Hall–Kier alpha value is -2.93. The minimum Gasteiger partial charge on any atom is -0.504 e. The fourth-order valence-electron chi connectivity index (χ4n) is 3.77. The van der Waals surface area contributed by atoms with E-state index in [0.717, 1.165) is 0 Å². The van der Waals surface area contributed by atoms with Gasteiger partial charge in [-0.15, -0.1) is 0 Å². The van der Waals surface area contributed by atoms with Gasteiger partial charge >= 0.3 is 0 Å². The normalized spacial score (nSPS) is 25.3. The smallest absolute Gasteiger partial charge is 0.189 e. The molecule has 8 N–H and O–H groups in total. The lowest BCUT2D eigenvalue weighted by atomic mass is 9.99. The van der Waals surface area contributed by atoms with Crippen LogP contribution in [0.2, 0.25) is 0 Å². The third-order valence-electron chi connectivity index (χ3n) is 5.85. The second-order valence-corrected chi connectivity index (χ2v) is 8.55. The van der Waals surface area contributed by atoms with Crippen molar-refractivity contribution in [3.05, 3.63) is 47.5 Å². The standard InChI is InChI=1S/C24H30O11/c25-14(5-1-12-3-7-16(26)18(28)9-12)11-15(6-2-13-4-8-17(27)19(29)10-13)34-24-22(32)20(30)21(31)23(33)35-24/h3-4,7-10,15,20-24,26-33H,1-2,5-6,11H2. The Labute approximate surface area is 201 Å². The zero-order valence-corrected chi connectivity index (χ0v) is 18.8. The van der Waals surface area contributed by atoms with E-state index in [1.807, 2.05) is 0 Å². The Morgan fingerprint density at radius 3 is 1.94 bits per heavy atom. The van der Waals surface area contributed by atoms with Crippen molar-refractivity contribution >= 4 is 5.78 Å². The van der Waals surface area contributed by atoms with Crippen molar-refractivity contribution in [2.45, 2.75) is 69.1 Å². The molecule has 1 heterocycles. The van der Waals surface area contributed by atoms with Crippen LogP contribution in [0.15, 0.2) is 36.4 Å². The van der Waals surface area contributed by atoms with Gasteiger partial charge < -0.3 is 50.3 Å². The number of aliphatic hydroxyl groups excluding tert-OH is 4. The summed E-state index contributed by atoms with van der Waals surface area (Å²) in [5.41, 5.74) is 1.28. The highest BCUT2D eigenvalue weighted by atomic mass is 16.7. The Kier molecular flexibility index (Phi) is 8.89. The van der Waals surface area contributed by atoms with Crippen LogP contribution in [0.1, 0.15) is 30.4 Å². The highest BCUT2D eigenvalue weighted by Crippen LogP contribution is 2.28. The number of aromatic hydroxyl groups is 4. The SMILES string of the molecule is O=C(CCc1ccc(O)c(O)c1)CC(CCc1ccc(O)c(O)c1)OC1OC(O)C(O)C(O)C1O. The Balaban J connectivity index is 1.66. The number of ether oxygens (including phenoxy) is 2. The molecular weight excluding hydrogens is 464 g/mol. The number of carbonyl (C=O) groups excluding carboxylic acids is 1. The van der Waals surface area contributed by atoms with E-state index in [2.05, 4.69) is 0 Å². The second-order valence-electron chi connectivity index (χ2n) is 8.55. The monoisotopic (exact) mass is 494 g/mol. The van der Waals surface area contributed by atoms with Crippen molar-refractivity contribution in [1.29, 1.82) is 0 Å². The number of aliphatic hydroxyl groups is 4. The van der Waals surface area contributed by atoms with Gasteiger partial charge in [0.15, 0.2) is 35.6 Å². The highest BCUT2D eigenvalue weighted by Gasteiger charge is 2.44. The molecule has 1 fully saturated rings. The molecule has 2 aromatic carbocycles. The molecule has 0 amide bonds. The Bertz CT molecular complexity index is 1010. The summed E-state index contributed by atoms with van der Waals surface area (Å²) < 4.78 is 10.8. The first-order valence-corrected chi connectivity index (χ1v) is 11.1. The van der Waals surface area contributed by atoms with E-state index in [4.69, 9.17) is 9.47 Å². The molecule has 11 nitrogen and oxygen atoms in total. The Morgan fingerprint density at radius 2 is 1.37 bits per heavy atom. The summed E-state index contributed by atoms with van der Waals surface area (Å²) in [6.45, 7) is 0. The van der Waals surface area contributed by atoms with E-state index in [0.29, 0.717) is 17.5 Å². The molecule has 3 rings (SSSR count). The van der Waals surface area contributed by atoms with Gasteiger partial charge in [0.1, 0.15) is 24.1 Å². The summed E-state index contributed by atoms with van der Waals surface area (Å²) in [5.74, 6) is -1.37. The number of aryl methyl sites for hydroxylation is 2. The van der Waals surface area contributed by atoms with Crippen LogP contribution in [0, 0.1) is 0 Å². The van der Waals surface area contributed by atoms with Gasteiger partial charge in [0.2, 0.25) is 0 Å². The maximum atomic E-state index is 12.7. The molecule has 6 atom stereocenters. The molecule has 192 valence electrons. The largest absolute Gasteiger partial charge is 0.504 e. The molecule has 1 saturated heterocycles. The molecule has 11 heteroatoms. The fourth-order valence-corrected chi connectivity index (χ4v) is 3.77. The first kappa shape index (κ1) is 26.7.